The molecule has 0 bridgehead atoms. The number of aromatic hydroxyl groups is 1. The lowest BCUT2D eigenvalue weighted by atomic mass is 10.0. The average Bonchev–Trinajstić information content (AvgIpc) is 3.32. The minimum absolute atomic E-state index is 0.0542. The van der Waals surface area contributed by atoms with E-state index < -0.39 is 47.9 Å². The van der Waals surface area contributed by atoms with Crippen LogP contribution in [0.4, 0.5) is 0 Å². The number of nitrogens with one attached hydrogen (secondary N) is 4. The number of hydrogen-bond acceptors (Lipinski definition) is 7. The summed E-state index contributed by atoms with van der Waals surface area (Å²) in [6.07, 6.45) is 1.17. The molecule has 1 fully saturated rings. The van der Waals surface area contributed by atoms with E-state index in [1.165, 1.54) is 19.1 Å². The van der Waals surface area contributed by atoms with Gasteiger partial charge in [0.2, 0.25) is 23.6 Å². The van der Waals surface area contributed by atoms with Gasteiger partial charge in [0.1, 0.15) is 23.9 Å². The molecule has 12 nitrogen and oxygen atoms in total. The van der Waals surface area contributed by atoms with Crippen molar-refractivity contribution in [3.8, 4) is 5.75 Å². The van der Waals surface area contributed by atoms with Crippen molar-refractivity contribution >= 4 is 29.6 Å². The van der Waals surface area contributed by atoms with Crippen LogP contribution in [-0.4, -0.2) is 70.5 Å². The number of carboxylic acid groups (broad SMARTS) is 1. The van der Waals surface area contributed by atoms with Crippen molar-refractivity contribution in [2.24, 2.45) is 5.73 Å². The number of phenols is 1. The van der Waals surface area contributed by atoms with Crippen molar-refractivity contribution in [2.75, 3.05) is 6.54 Å². The van der Waals surface area contributed by atoms with Crippen LogP contribution >= 0.6 is 0 Å². The second-order valence-corrected chi connectivity index (χ2v) is 8.22. The first-order valence-electron chi connectivity index (χ1n) is 11.0. The normalized spacial score (nSPS) is 17.7. The van der Waals surface area contributed by atoms with Crippen LogP contribution in [0.15, 0.2) is 24.3 Å². The molecule has 1 aliphatic heterocycles. The second kappa shape index (κ2) is 12.5. The molecule has 0 saturated carbocycles. The van der Waals surface area contributed by atoms with Crippen LogP contribution in [-0.2, 0) is 30.4 Å². The highest BCUT2D eigenvalue weighted by Crippen LogP contribution is 2.12. The van der Waals surface area contributed by atoms with E-state index in [0.717, 1.165) is 6.42 Å². The predicted octanol–water partition coefficient (Wildman–Crippen LogP) is -1.49. The minimum atomic E-state index is -1.35. The number of nitrogens with two attached hydrogens (primary N) is 1. The minimum Gasteiger partial charge on any atom is -0.508 e. The van der Waals surface area contributed by atoms with Gasteiger partial charge in [0.05, 0.1) is 6.04 Å². The number of rotatable bonds is 12. The lowest BCUT2D eigenvalue weighted by Crippen LogP contribution is -2.56. The van der Waals surface area contributed by atoms with Gasteiger partial charge in [-0.2, -0.15) is 0 Å². The molecular formula is C22H31N5O7. The maximum Gasteiger partial charge on any atom is 0.326 e. The number of carbonyl (C=O) groups is 5. The third-order valence-electron chi connectivity index (χ3n) is 5.43. The van der Waals surface area contributed by atoms with Crippen LogP contribution in [0.3, 0.4) is 0 Å². The summed E-state index contributed by atoms with van der Waals surface area (Å²) in [6, 6.07) is 2.24. The van der Waals surface area contributed by atoms with Crippen LogP contribution < -0.4 is 27.0 Å². The van der Waals surface area contributed by atoms with E-state index in [0.29, 0.717) is 18.5 Å². The highest BCUT2D eigenvalue weighted by atomic mass is 16.4. The smallest absolute Gasteiger partial charge is 0.326 e. The third-order valence-corrected chi connectivity index (χ3v) is 5.43. The Hall–Kier alpha value is -3.67. The molecule has 4 amide bonds. The molecule has 1 aromatic rings. The highest BCUT2D eigenvalue weighted by Gasteiger charge is 2.30. The van der Waals surface area contributed by atoms with Crippen LogP contribution in [0.5, 0.6) is 5.75 Å². The van der Waals surface area contributed by atoms with Gasteiger partial charge in [-0.1, -0.05) is 12.1 Å². The molecular weight excluding hydrogens is 446 g/mol. The van der Waals surface area contributed by atoms with E-state index in [1.54, 1.807) is 12.1 Å². The SMILES string of the molecule is CC(NC(=O)C(Cc1ccc(O)cc1)NC(=O)C1CCCN1)C(=O)NC(CCC(N)=O)C(=O)O. The zero-order valence-corrected chi connectivity index (χ0v) is 18.9. The summed E-state index contributed by atoms with van der Waals surface area (Å²) in [5.41, 5.74) is 5.71. The zero-order chi connectivity index (χ0) is 25.3. The Bertz CT molecular complexity index is 899. The summed E-state index contributed by atoms with van der Waals surface area (Å²) in [5, 5.41) is 29.3. The Balaban J connectivity index is 2.05. The van der Waals surface area contributed by atoms with Crippen molar-refractivity contribution in [3.63, 3.8) is 0 Å². The monoisotopic (exact) mass is 477 g/mol. The van der Waals surface area contributed by atoms with Crippen LogP contribution in [0.25, 0.3) is 0 Å². The first-order valence-corrected chi connectivity index (χ1v) is 11.0. The molecule has 2 rings (SSSR count). The summed E-state index contributed by atoms with van der Waals surface area (Å²) in [6.45, 7) is 2.07. The van der Waals surface area contributed by atoms with Crippen LogP contribution in [0.1, 0.15) is 38.2 Å². The van der Waals surface area contributed by atoms with Gasteiger partial charge >= 0.3 is 5.97 Å². The predicted molar refractivity (Wildman–Crippen MR) is 120 cm³/mol. The van der Waals surface area contributed by atoms with Crippen molar-refractivity contribution < 1.29 is 34.2 Å². The second-order valence-electron chi connectivity index (χ2n) is 8.22. The van der Waals surface area contributed by atoms with Crippen LogP contribution in [0, 0.1) is 0 Å². The Morgan fingerprint density at radius 3 is 2.29 bits per heavy atom. The fourth-order valence-corrected chi connectivity index (χ4v) is 3.48. The van der Waals surface area contributed by atoms with Gasteiger partial charge in [-0.3, -0.25) is 19.2 Å². The van der Waals surface area contributed by atoms with Crippen molar-refractivity contribution in [3.05, 3.63) is 29.8 Å². The largest absolute Gasteiger partial charge is 0.508 e. The highest BCUT2D eigenvalue weighted by molar-refractivity contribution is 5.94. The van der Waals surface area contributed by atoms with Gasteiger partial charge in [-0.25, -0.2) is 4.79 Å². The number of carbonyl (C=O) groups excluding carboxylic acids is 4. The molecule has 4 unspecified atom stereocenters. The molecule has 1 heterocycles. The van der Waals surface area contributed by atoms with Gasteiger partial charge in [-0.15, -0.1) is 0 Å². The molecule has 0 radical (unpaired) electrons. The van der Waals surface area contributed by atoms with E-state index in [2.05, 4.69) is 21.3 Å². The van der Waals surface area contributed by atoms with Crippen molar-refractivity contribution in [1.82, 2.24) is 21.3 Å². The Morgan fingerprint density at radius 1 is 1.06 bits per heavy atom. The van der Waals surface area contributed by atoms with Crippen molar-refractivity contribution in [2.45, 2.75) is 63.2 Å². The lowest BCUT2D eigenvalue weighted by Gasteiger charge is -2.23. The summed E-state index contributed by atoms with van der Waals surface area (Å²) in [7, 11) is 0. The molecule has 4 atom stereocenters. The number of carboxylic acids is 1. The molecule has 1 aromatic carbocycles. The number of amides is 4. The summed E-state index contributed by atoms with van der Waals surface area (Å²) in [4.78, 5) is 60.3. The van der Waals surface area contributed by atoms with Crippen LogP contribution in [0.2, 0.25) is 0 Å². The number of aliphatic carboxylic acids is 1. The molecule has 1 saturated heterocycles. The molecule has 0 aliphatic carbocycles. The zero-order valence-electron chi connectivity index (χ0n) is 18.9. The first kappa shape index (κ1) is 26.6. The van der Waals surface area contributed by atoms with Gasteiger partial charge < -0.3 is 37.2 Å². The first-order chi connectivity index (χ1) is 16.1. The fraction of sp³-hybridized carbons (Fsp3) is 0.500. The van der Waals surface area contributed by atoms with Gasteiger partial charge in [0, 0.05) is 12.8 Å². The maximum atomic E-state index is 13.0. The molecule has 34 heavy (non-hydrogen) atoms. The summed E-state index contributed by atoms with van der Waals surface area (Å²) in [5.74, 6) is -3.73. The quantitative estimate of drug-likeness (QED) is 0.189. The van der Waals surface area contributed by atoms with E-state index in [9.17, 15) is 34.2 Å². The summed E-state index contributed by atoms with van der Waals surface area (Å²) < 4.78 is 0. The van der Waals surface area contributed by atoms with Crippen molar-refractivity contribution in [1.29, 1.82) is 0 Å². The number of phenolic OH excluding ortho intramolecular Hbond substituents is 1. The van der Waals surface area contributed by atoms with Gasteiger partial charge in [-0.05, 0) is 50.4 Å². The average molecular weight is 478 g/mol. The number of benzene rings is 1. The van der Waals surface area contributed by atoms with Gasteiger partial charge in [0.15, 0.2) is 0 Å². The lowest BCUT2D eigenvalue weighted by molar-refractivity contribution is -0.142. The molecule has 8 N–H and O–H groups in total. The molecule has 1 aliphatic rings. The topological polar surface area (TPSA) is 200 Å². The van der Waals surface area contributed by atoms with E-state index in [1.807, 2.05) is 0 Å². The Labute approximate surface area is 196 Å². The summed E-state index contributed by atoms with van der Waals surface area (Å²) >= 11 is 0. The molecule has 0 aromatic heterocycles. The number of hydrogen-bond donors (Lipinski definition) is 7. The Morgan fingerprint density at radius 2 is 1.74 bits per heavy atom. The maximum absolute atomic E-state index is 13.0. The number of primary amides is 1. The van der Waals surface area contributed by atoms with E-state index >= 15 is 0 Å². The molecule has 186 valence electrons. The fourth-order valence-electron chi connectivity index (χ4n) is 3.48. The van der Waals surface area contributed by atoms with E-state index in [-0.39, 0.29) is 30.9 Å². The standard InChI is InChI=1S/C22H31N5O7/c1-12(19(30)26-16(22(33)34)8-9-18(23)29)25-21(32)17(11-13-4-6-14(28)7-5-13)27-20(31)15-3-2-10-24-15/h4-7,12,15-17,24,28H,2-3,8-11H2,1H3,(H2,23,29)(H,25,32)(H,26,30)(H,27,31)(H,33,34). The Kier molecular flexibility index (Phi) is 9.80. The molecule has 0 spiro atoms. The third kappa shape index (κ3) is 8.35. The van der Waals surface area contributed by atoms with Gasteiger partial charge in [0.25, 0.3) is 0 Å². The molecule has 12 heteroatoms. The van der Waals surface area contributed by atoms with E-state index in [4.69, 9.17) is 5.73 Å².